The lowest BCUT2D eigenvalue weighted by atomic mass is 10.0. The van der Waals surface area contributed by atoms with Crippen LogP contribution in [0.25, 0.3) is 0 Å². The number of benzene rings is 1. The van der Waals surface area contributed by atoms with Gasteiger partial charge in [-0.3, -0.25) is 0 Å². The monoisotopic (exact) mass is 246 g/mol. The van der Waals surface area contributed by atoms with Crippen molar-refractivity contribution >= 4 is 23.2 Å². The molecule has 1 aromatic rings. The summed E-state index contributed by atoms with van der Waals surface area (Å²) in [7, 11) is 0. The van der Waals surface area contributed by atoms with Gasteiger partial charge in [0.05, 0.1) is 5.38 Å². The van der Waals surface area contributed by atoms with Crippen molar-refractivity contribution in [3.8, 4) is 0 Å². The quantitative estimate of drug-likeness (QED) is 0.668. The molecule has 0 bridgehead atoms. The predicted octanol–water partition coefficient (Wildman–Crippen LogP) is 4.87. The van der Waals surface area contributed by atoms with Crippen LogP contribution < -0.4 is 0 Å². The fourth-order valence-electron chi connectivity index (χ4n) is 1.69. The SMILES string of the molecule is Cc1cc(C(Cl)CC2CC2)c(Cl)cc1F. The highest BCUT2D eigenvalue weighted by molar-refractivity contribution is 6.32. The summed E-state index contributed by atoms with van der Waals surface area (Å²) in [6.07, 6.45) is 3.48. The third-order valence-corrected chi connectivity index (χ3v) is 3.59. The zero-order chi connectivity index (χ0) is 11.0. The van der Waals surface area contributed by atoms with Crippen molar-refractivity contribution in [1.82, 2.24) is 0 Å². The first-order valence-electron chi connectivity index (χ1n) is 5.17. The summed E-state index contributed by atoms with van der Waals surface area (Å²) in [6, 6.07) is 3.12. The maximum absolute atomic E-state index is 13.2. The van der Waals surface area contributed by atoms with Crippen LogP contribution in [0.1, 0.15) is 35.8 Å². The molecule has 0 spiro atoms. The van der Waals surface area contributed by atoms with Crippen molar-refractivity contribution in [1.29, 1.82) is 0 Å². The van der Waals surface area contributed by atoms with Gasteiger partial charge in [0.2, 0.25) is 0 Å². The van der Waals surface area contributed by atoms with Gasteiger partial charge in [-0.2, -0.15) is 0 Å². The van der Waals surface area contributed by atoms with Crippen molar-refractivity contribution in [3.05, 3.63) is 34.1 Å². The maximum atomic E-state index is 13.2. The normalized spacial score (nSPS) is 17.9. The highest BCUT2D eigenvalue weighted by Crippen LogP contribution is 2.42. The molecule has 1 saturated carbocycles. The van der Waals surface area contributed by atoms with Crippen molar-refractivity contribution in [3.63, 3.8) is 0 Å². The number of halogens is 3. The largest absolute Gasteiger partial charge is 0.207 e. The molecule has 1 atom stereocenters. The first kappa shape index (κ1) is 11.2. The molecule has 0 N–H and O–H groups in total. The molecule has 0 saturated heterocycles. The molecule has 2 rings (SSSR count). The Morgan fingerprint density at radius 1 is 1.47 bits per heavy atom. The van der Waals surface area contributed by atoms with Gasteiger partial charge in [-0.15, -0.1) is 11.6 Å². The van der Waals surface area contributed by atoms with Gasteiger partial charge >= 0.3 is 0 Å². The van der Waals surface area contributed by atoms with Crippen LogP contribution in [-0.2, 0) is 0 Å². The molecule has 1 aromatic carbocycles. The van der Waals surface area contributed by atoms with Crippen molar-refractivity contribution in [2.75, 3.05) is 0 Å². The maximum Gasteiger partial charge on any atom is 0.127 e. The Morgan fingerprint density at radius 2 is 2.13 bits per heavy atom. The molecule has 1 aliphatic carbocycles. The molecule has 0 heterocycles. The third-order valence-electron chi connectivity index (χ3n) is 2.85. The molecule has 0 amide bonds. The van der Waals surface area contributed by atoms with Gasteiger partial charge < -0.3 is 0 Å². The molecule has 15 heavy (non-hydrogen) atoms. The van der Waals surface area contributed by atoms with E-state index in [0.29, 0.717) is 10.6 Å². The van der Waals surface area contributed by atoms with Crippen LogP contribution in [0.2, 0.25) is 5.02 Å². The molecular formula is C12H13Cl2F. The van der Waals surface area contributed by atoms with E-state index < -0.39 is 0 Å². The molecular weight excluding hydrogens is 234 g/mol. The second-order valence-electron chi connectivity index (χ2n) is 4.27. The average Bonchev–Trinajstić information content (AvgIpc) is 2.95. The topological polar surface area (TPSA) is 0 Å². The first-order chi connectivity index (χ1) is 7.08. The zero-order valence-electron chi connectivity index (χ0n) is 8.56. The van der Waals surface area contributed by atoms with Crippen LogP contribution in [0.3, 0.4) is 0 Å². The second kappa shape index (κ2) is 4.31. The highest BCUT2D eigenvalue weighted by atomic mass is 35.5. The summed E-state index contributed by atoms with van der Waals surface area (Å²) >= 11 is 12.2. The zero-order valence-corrected chi connectivity index (χ0v) is 10.1. The van der Waals surface area contributed by atoms with Crippen LogP contribution in [-0.4, -0.2) is 0 Å². The second-order valence-corrected chi connectivity index (χ2v) is 5.20. The standard InChI is InChI=1S/C12H13Cl2F/c1-7-4-9(11(14)6-12(7)15)10(13)5-8-2-3-8/h4,6,8,10H,2-3,5H2,1H3. The van der Waals surface area contributed by atoms with Gasteiger partial charge in [-0.1, -0.05) is 30.5 Å². The van der Waals surface area contributed by atoms with Crippen LogP contribution in [0.5, 0.6) is 0 Å². The Morgan fingerprint density at radius 3 is 2.73 bits per heavy atom. The lowest BCUT2D eigenvalue weighted by Gasteiger charge is -2.12. The summed E-state index contributed by atoms with van der Waals surface area (Å²) in [5.41, 5.74) is 1.47. The summed E-state index contributed by atoms with van der Waals surface area (Å²) in [4.78, 5) is 0. The predicted molar refractivity (Wildman–Crippen MR) is 62.1 cm³/mol. The Kier molecular flexibility index (Phi) is 3.22. The number of hydrogen-bond donors (Lipinski definition) is 0. The van der Waals surface area contributed by atoms with Gasteiger partial charge in [0.25, 0.3) is 0 Å². The molecule has 0 radical (unpaired) electrons. The smallest absolute Gasteiger partial charge is 0.127 e. The van der Waals surface area contributed by atoms with Crippen molar-refractivity contribution in [2.24, 2.45) is 5.92 Å². The molecule has 0 aromatic heterocycles. The number of aryl methyl sites for hydroxylation is 1. The van der Waals surface area contributed by atoms with E-state index in [9.17, 15) is 4.39 Å². The summed E-state index contributed by atoms with van der Waals surface area (Å²) in [5.74, 6) is 0.480. The van der Waals surface area contributed by atoms with E-state index in [-0.39, 0.29) is 11.2 Å². The van der Waals surface area contributed by atoms with Gasteiger partial charge in [0.1, 0.15) is 5.82 Å². The minimum Gasteiger partial charge on any atom is -0.207 e. The number of alkyl halides is 1. The van der Waals surface area contributed by atoms with Crippen molar-refractivity contribution in [2.45, 2.75) is 31.6 Å². The van der Waals surface area contributed by atoms with Gasteiger partial charge in [0.15, 0.2) is 0 Å². The highest BCUT2D eigenvalue weighted by Gasteiger charge is 2.26. The van der Waals surface area contributed by atoms with E-state index in [2.05, 4.69) is 0 Å². The Balaban J connectivity index is 2.21. The van der Waals surface area contributed by atoms with Crippen LogP contribution in [0.4, 0.5) is 4.39 Å². The van der Waals surface area contributed by atoms with Crippen LogP contribution in [0, 0.1) is 18.7 Å². The average molecular weight is 247 g/mol. The Labute approximate surface area is 99.4 Å². The minimum atomic E-state index is -0.265. The molecule has 3 heteroatoms. The number of hydrogen-bond acceptors (Lipinski definition) is 0. The van der Waals surface area contributed by atoms with E-state index in [1.165, 1.54) is 18.9 Å². The molecule has 1 unspecified atom stereocenters. The molecule has 1 fully saturated rings. The van der Waals surface area contributed by atoms with Gasteiger partial charge in [-0.25, -0.2) is 4.39 Å². The fourth-order valence-corrected chi connectivity index (χ4v) is 2.46. The van der Waals surface area contributed by atoms with E-state index in [0.717, 1.165) is 17.9 Å². The van der Waals surface area contributed by atoms with Crippen molar-refractivity contribution < 1.29 is 4.39 Å². The summed E-state index contributed by atoms with van der Waals surface area (Å²) in [6.45, 7) is 1.73. The van der Waals surface area contributed by atoms with E-state index in [4.69, 9.17) is 23.2 Å². The molecule has 0 nitrogen and oxygen atoms in total. The summed E-state index contributed by atoms with van der Waals surface area (Å²) in [5, 5.41) is 0.364. The minimum absolute atomic E-state index is 0.0794. The first-order valence-corrected chi connectivity index (χ1v) is 5.99. The van der Waals surface area contributed by atoms with E-state index in [1.807, 2.05) is 0 Å². The third kappa shape index (κ3) is 2.64. The number of rotatable bonds is 3. The lowest BCUT2D eigenvalue weighted by molar-refractivity contribution is 0.616. The molecule has 1 aliphatic rings. The van der Waals surface area contributed by atoms with E-state index >= 15 is 0 Å². The summed E-state index contributed by atoms with van der Waals surface area (Å²) < 4.78 is 13.2. The van der Waals surface area contributed by atoms with Gasteiger partial charge in [0, 0.05) is 5.02 Å². The molecule has 0 aliphatic heterocycles. The van der Waals surface area contributed by atoms with Crippen LogP contribution >= 0.6 is 23.2 Å². The lowest BCUT2D eigenvalue weighted by Crippen LogP contribution is -1.96. The van der Waals surface area contributed by atoms with Gasteiger partial charge in [-0.05, 0) is 36.5 Å². The van der Waals surface area contributed by atoms with E-state index in [1.54, 1.807) is 13.0 Å². The molecule has 82 valence electrons. The fraction of sp³-hybridized carbons (Fsp3) is 0.500. The Hall–Kier alpha value is -0.270. The Bertz CT molecular complexity index is 372. The van der Waals surface area contributed by atoms with Crippen LogP contribution in [0.15, 0.2) is 12.1 Å².